The summed E-state index contributed by atoms with van der Waals surface area (Å²) >= 11 is 2.88. The van der Waals surface area contributed by atoms with Gasteiger partial charge < -0.3 is 20.9 Å². The molecule has 11 heteroatoms. The quantitative estimate of drug-likeness (QED) is 0.144. The van der Waals surface area contributed by atoms with Gasteiger partial charge in [-0.2, -0.15) is 13.2 Å². The molecular formula is C30H21BrF3N5O2. The maximum atomic E-state index is 13.3. The molecule has 0 spiro atoms. The first-order chi connectivity index (χ1) is 19.7. The molecule has 0 atom stereocenters. The standard InChI is InChI=1S/C30H21BrF3N5O2/c31-24-11-9-20(15-23(24)30(32,33)34)36-29(41)37-21-8-10-22(26-14-19-5-1-2-6-25(19)38-26)27(16-21)39-28(40)12-7-18-4-3-13-35-17-18/h1-17,38H,(H,39,40)(H2,36,37,41). The number of anilines is 3. The van der Waals surface area contributed by atoms with Crippen LogP contribution in [-0.2, 0) is 11.0 Å². The van der Waals surface area contributed by atoms with E-state index in [1.165, 1.54) is 18.2 Å². The summed E-state index contributed by atoms with van der Waals surface area (Å²) in [6, 6.07) is 20.8. The first kappa shape index (κ1) is 27.7. The van der Waals surface area contributed by atoms with Gasteiger partial charge in [0.1, 0.15) is 0 Å². The maximum absolute atomic E-state index is 13.3. The number of aromatic nitrogens is 2. The summed E-state index contributed by atoms with van der Waals surface area (Å²) in [5.74, 6) is -0.414. The molecule has 0 fully saturated rings. The summed E-state index contributed by atoms with van der Waals surface area (Å²) in [6.07, 6.45) is 1.64. The second-order valence-corrected chi connectivity index (χ2v) is 9.77. The second kappa shape index (κ2) is 11.7. The number of carbonyl (C=O) groups is 2. The van der Waals surface area contributed by atoms with Crippen LogP contribution in [0.5, 0.6) is 0 Å². The van der Waals surface area contributed by atoms with Gasteiger partial charge in [0.2, 0.25) is 5.91 Å². The predicted octanol–water partition coefficient (Wildman–Crippen LogP) is 8.31. The molecule has 0 saturated carbocycles. The van der Waals surface area contributed by atoms with Crippen LogP contribution in [0, 0.1) is 0 Å². The average Bonchev–Trinajstić information content (AvgIpc) is 3.37. The van der Waals surface area contributed by atoms with Gasteiger partial charge in [-0.25, -0.2) is 4.79 Å². The summed E-state index contributed by atoms with van der Waals surface area (Å²) < 4.78 is 39.6. The van der Waals surface area contributed by atoms with Crippen molar-refractivity contribution in [1.82, 2.24) is 9.97 Å². The van der Waals surface area contributed by atoms with Gasteiger partial charge in [-0.1, -0.05) is 40.2 Å². The molecule has 0 bridgehead atoms. The van der Waals surface area contributed by atoms with Gasteiger partial charge in [0, 0.05) is 56.5 Å². The summed E-state index contributed by atoms with van der Waals surface area (Å²) in [6.45, 7) is 0. The van der Waals surface area contributed by atoms with Crippen LogP contribution in [0.15, 0.2) is 102 Å². The summed E-state index contributed by atoms with van der Waals surface area (Å²) in [5.41, 5.74) is 2.81. The number of carbonyl (C=O) groups excluding carboxylic acids is 2. The van der Waals surface area contributed by atoms with Crippen molar-refractivity contribution < 1.29 is 22.8 Å². The number of alkyl halides is 3. The van der Waals surface area contributed by atoms with Gasteiger partial charge in [-0.3, -0.25) is 9.78 Å². The zero-order chi connectivity index (χ0) is 29.0. The average molecular weight is 620 g/mol. The summed E-state index contributed by atoms with van der Waals surface area (Å²) in [4.78, 5) is 32.8. The monoisotopic (exact) mass is 619 g/mol. The molecule has 0 aliphatic rings. The highest BCUT2D eigenvalue weighted by molar-refractivity contribution is 9.10. The van der Waals surface area contributed by atoms with Crippen LogP contribution in [-0.4, -0.2) is 21.9 Å². The van der Waals surface area contributed by atoms with E-state index in [2.05, 4.69) is 41.8 Å². The third kappa shape index (κ3) is 6.82. The number of para-hydroxylation sites is 1. The minimum atomic E-state index is -4.59. The lowest BCUT2D eigenvalue weighted by Crippen LogP contribution is -2.20. The molecular weight excluding hydrogens is 599 g/mol. The van der Waals surface area contributed by atoms with Gasteiger partial charge in [0.05, 0.1) is 11.3 Å². The number of pyridine rings is 1. The van der Waals surface area contributed by atoms with Gasteiger partial charge in [0.25, 0.3) is 0 Å². The number of nitrogens with one attached hydrogen (secondary N) is 4. The van der Waals surface area contributed by atoms with Crippen molar-refractivity contribution in [1.29, 1.82) is 0 Å². The van der Waals surface area contributed by atoms with Gasteiger partial charge >= 0.3 is 12.2 Å². The Morgan fingerprint density at radius 3 is 2.37 bits per heavy atom. The molecule has 5 rings (SSSR count). The minimum Gasteiger partial charge on any atom is -0.354 e. The highest BCUT2D eigenvalue weighted by Gasteiger charge is 2.33. The van der Waals surface area contributed by atoms with E-state index in [9.17, 15) is 22.8 Å². The molecule has 2 aromatic heterocycles. The second-order valence-electron chi connectivity index (χ2n) is 8.91. The predicted molar refractivity (Wildman–Crippen MR) is 157 cm³/mol. The minimum absolute atomic E-state index is 0.0400. The molecule has 0 aliphatic carbocycles. The number of hydrogen-bond acceptors (Lipinski definition) is 3. The van der Waals surface area contributed by atoms with Gasteiger partial charge in [0.15, 0.2) is 0 Å². The summed E-state index contributed by atoms with van der Waals surface area (Å²) in [7, 11) is 0. The van der Waals surface area contributed by atoms with Crippen molar-refractivity contribution in [2.45, 2.75) is 6.18 Å². The molecule has 3 amide bonds. The number of halogens is 4. The van der Waals surface area contributed by atoms with Gasteiger partial charge in [-0.15, -0.1) is 0 Å². The first-order valence-corrected chi connectivity index (χ1v) is 13.0. The number of aromatic amines is 1. The van der Waals surface area contributed by atoms with E-state index in [1.807, 2.05) is 30.3 Å². The molecule has 7 nitrogen and oxygen atoms in total. The van der Waals surface area contributed by atoms with Crippen molar-refractivity contribution in [2.75, 3.05) is 16.0 Å². The fraction of sp³-hybridized carbons (Fsp3) is 0.0333. The lowest BCUT2D eigenvalue weighted by Gasteiger charge is -2.14. The molecule has 206 valence electrons. The number of fused-ring (bicyclic) bond motifs is 1. The van der Waals surface area contributed by atoms with E-state index < -0.39 is 23.7 Å². The lowest BCUT2D eigenvalue weighted by atomic mass is 10.1. The van der Waals surface area contributed by atoms with E-state index >= 15 is 0 Å². The third-order valence-electron chi connectivity index (χ3n) is 6.00. The maximum Gasteiger partial charge on any atom is 0.417 e. The van der Waals surface area contributed by atoms with Crippen LogP contribution < -0.4 is 16.0 Å². The summed E-state index contributed by atoms with van der Waals surface area (Å²) in [5, 5.41) is 8.85. The van der Waals surface area contributed by atoms with Crippen LogP contribution >= 0.6 is 15.9 Å². The zero-order valence-electron chi connectivity index (χ0n) is 21.1. The van der Waals surface area contributed by atoms with E-state index in [4.69, 9.17) is 0 Å². The van der Waals surface area contributed by atoms with Gasteiger partial charge in [-0.05, 0) is 66.2 Å². The third-order valence-corrected chi connectivity index (χ3v) is 6.69. The van der Waals surface area contributed by atoms with Crippen LogP contribution in [0.2, 0.25) is 0 Å². The molecule has 4 N–H and O–H groups in total. The smallest absolute Gasteiger partial charge is 0.354 e. The van der Waals surface area contributed by atoms with Crippen molar-refractivity contribution in [3.8, 4) is 11.3 Å². The molecule has 0 saturated heterocycles. The number of H-pyrrole nitrogens is 1. The van der Waals surface area contributed by atoms with E-state index in [-0.39, 0.29) is 10.2 Å². The highest BCUT2D eigenvalue weighted by Crippen LogP contribution is 2.37. The van der Waals surface area contributed by atoms with Crippen LogP contribution in [0.25, 0.3) is 28.2 Å². The Balaban J connectivity index is 1.40. The first-order valence-electron chi connectivity index (χ1n) is 12.2. The number of hydrogen-bond donors (Lipinski definition) is 4. The fourth-order valence-corrected chi connectivity index (χ4v) is 4.58. The van der Waals surface area contributed by atoms with E-state index in [1.54, 1.807) is 48.8 Å². The Bertz CT molecular complexity index is 1730. The SMILES string of the molecule is O=C(C=Cc1cccnc1)Nc1cc(NC(=O)Nc2ccc(Br)c(C(F)(F)F)c2)ccc1-c1cc2ccccc2[nH]1. The highest BCUT2D eigenvalue weighted by atomic mass is 79.9. The largest absolute Gasteiger partial charge is 0.417 e. The number of benzene rings is 3. The zero-order valence-corrected chi connectivity index (χ0v) is 22.7. The topological polar surface area (TPSA) is 98.9 Å². The lowest BCUT2D eigenvalue weighted by molar-refractivity contribution is -0.138. The molecule has 0 unspecified atom stereocenters. The van der Waals surface area contributed by atoms with Crippen LogP contribution in [0.4, 0.5) is 35.0 Å². The van der Waals surface area contributed by atoms with Crippen LogP contribution in [0.3, 0.4) is 0 Å². The Morgan fingerprint density at radius 2 is 1.63 bits per heavy atom. The Kier molecular flexibility index (Phi) is 7.88. The Labute approximate surface area is 240 Å². The number of rotatable bonds is 6. The normalized spacial score (nSPS) is 11.5. The molecule has 2 heterocycles. The Hall–Kier alpha value is -4.90. The number of urea groups is 1. The van der Waals surface area contributed by atoms with Crippen molar-refractivity contribution in [2.24, 2.45) is 0 Å². The molecule has 41 heavy (non-hydrogen) atoms. The molecule has 3 aromatic carbocycles. The van der Waals surface area contributed by atoms with E-state index in [0.29, 0.717) is 16.9 Å². The number of amides is 3. The molecule has 0 aliphatic heterocycles. The van der Waals surface area contributed by atoms with Crippen molar-refractivity contribution >= 4 is 61.9 Å². The van der Waals surface area contributed by atoms with Crippen molar-refractivity contribution in [3.63, 3.8) is 0 Å². The van der Waals surface area contributed by atoms with Crippen LogP contribution in [0.1, 0.15) is 11.1 Å². The molecule has 5 aromatic rings. The molecule has 0 radical (unpaired) electrons. The fourth-order valence-electron chi connectivity index (χ4n) is 4.11. The van der Waals surface area contributed by atoms with E-state index in [0.717, 1.165) is 28.2 Å². The Morgan fingerprint density at radius 1 is 0.878 bits per heavy atom. The number of nitrogens with zero attached hydrogens (tertiary/aromatic N) is 1. The van der Waals surface area contributed by atoms with Crippen molar-refractivity contribution in [3.05, 3.63) is 113 Å².